The summed E-state index contributed by atoms with van der Waals surface area (Å²) in [5.41, 5.74) is 9.01. The third-order valence-electron chi connectivity index (χ3n) is 4.72. The number of aryl methyl sites for hydroxylation is 1. The van der Waals surface area contributed by atoms with Crippen LogP contribution >= 0.6 is 0 Å². The Bertz CT molecular complexity index is 384. The zero-order valence-corrected chi connectivity index (χ0v) is 11.3. The fraction of sp³-hybridized carbons (Fsp3) is 0.625. The van der Waals surface area contributed by atoms with Crippen LogP contribution in [0.15, 0.2) is 24.3 Å². The second-order valence-corrected chi connectivity index (χ2v) is 5.96. The zero-order valence-electron chi connectivity index (χ0n) is 11.3. The highest BCUT2D eigenvalue weighted by Crippen LogP contribution is 2.36. The van der Waals surface area contributed by atoms with Gasteiger partial charge in [0.1, 0.15) is 0 Å². The second-order valence-electron chi connectivity index (χ2n) is 5.96. The van der Waals surface area contributed by atoms with Crippen LogP contribution < -0.4 is 5.73 Å². The summed E-state index contributed by atoms with van der Waals surface area (Å²) in [5.74, 6) is 0. The molecule has 0 aromatic heterocycles. The van der Waals surface area contributed by atoms with Crippen LogP contribution in [-0.4, -0.2) is 23.0 Å². The van der Waals surface area contributed by atoms with E-state index in [4.69, 9.17) is 5.73 Å². The molecule has 2 heterocycles. The van der Waals surface area contributed by atoms with Gasteiger partial charge in [0.05, 0.1) is 0 Å². The summed E-state index contributed by atoms with van der Waals surface area (Å²) in [6.45, 7) is 3.33. The van der Waals surface area contributed by atoms with Crippen molar-refractivity contribution < 1.29 is 0 Å². The smallest absolute Gasteiger partial charge is 0.0239 e. The van der Waals surface area contributed by atoms with Gasteiger partial charge in [-0.15, -0.1) is 0 Å². The van der Waals surface area contributed by atoms with Crippen molar-refractivity contribution in [2.75, 3.05) is 0 Å². The monoisotopic (exact) mass is 244 g/mol. The van der Waals surface area contributed by atoms with Gasteiger partial charge < -0.3 is 5.73 Å². The van der Waals surface area contributed by atoms with Gasteiger partial charge in [-0.05, 0) is 43.2 Å². The minimum Gasteiger partial charge on any atom is -0.328 e. The highest BCUT2D eigenvalue weighted by molar-refractivity contribution is 5.22. The topological polar surface area (TPSA) is 29.3 Å². The molecule has 0 spiro atoms. The Kier molecular flexibility index (Phi) is 3.40. The quantitative estimate of drug-likeness (QED) is 0.886. The standard InChI is InChI=1S/C16H24N2/c1-2-12-3-5-13(6-4-12)11-18-15-7-8-16(18)10-14(17)9-15/h3-6,14-16H,2,7-11,17H2,1H3. The first kappa shape index (κ1) is 12.2. The number of nitrogens with two attached hydrogens (primary N) is 1. The average molecular weight is 244 g/mol. The van der Waals surface area contributed by atoms with Crippen molar-refractivity contribution in [3.05, 3.63) is 35.4 Å². The Morgan fingerprint density at radius 2 is 1.61 bits per heavy atom. The van der Waals surface area contributed by atoms with Crippen molar-refractivity contribution in [3.8, 4) is 0 Å². The van der Waals surface area contributed by atoms with Gasteiger partial charge in [0.15, 0.2) is 0 Å². The summed E-state index contributed by atoms with van der Waals surface area (Å²) in [6.07, 6.45) is 6.23. The molecule has 2 nitrogen and oxygen atoms in total. The molecule has 2 N–H and O–H groups in total. The molecule has 2 aliphatic rings. The summed E-state index contributed by atoms with van der Waals surface area (Å²) < 4.78 is 0. The number of piperidine rings is 1. The van der Waals surface area contributed by atoms with Crippen LogP contribution in [0.1, 0.15) is 43.7 Å². The average Bonchev–Trinajstić information content (AvgIpc) is 2.62. The molecule has 0 radical (unpaired) electrons. The number of benzene rings is 1. The molecule has 2 aliphatic heterocycles. The number of hydrogen-bond acceptors (Lipinski definition) is 2. The summed E-state index contributed by atoms with van der Waals surface area (Å²) >= 11 is 0. The molecule has 2 heteroatoms. The summed E-state index contributed by atoms with van der Waals surface area (Å²) in [6, 6.07) is 11.1. The van der Waals surface area contributed by atoms with Crippen LogP contribution in [0, 0.1) is 0 Å². The largest absolute Gasteiger partial charge is 0.328 e. The van der Waals surface area contributed by atoms with Crippen molar-refractivity contribution in [2.45, 2.75) is 63.7 Å². The maximum atomic E-state index is 6.12. The number of rotatable bonds is 3. The molecule has 2 bridgehead atoms. The van der Waals surface area contributed by atoms with E-state index in [0.717, 1.165) is 25.0 Å². The molecule has 2 unspecified atom stereocenters. The maximum absolute atomic E-state index is 6.12. The minimum atomic E-state index is 0.446. The van der Waals surface area contributed by atoms with Gasteiger partial charge in [-0.25, -0.2) is 0 Å². The minimum absolute atomic E-state index is 0.446. The third-order valence-corrected chi connectivity index (χ3v) is 4.72. The Morgan fingerprint density at radius 1 is 1.06 bits per heavy atom. The predicted molar refractivity (Wildman–Crippen MR) is 75.4 cm³/mol. The van der Waals surface area contributed by atoms with Crippen LogP contribution in [0.2, 0.25) is 0 Å². The molecular weight excluding hydrogens is 220 g/mol. The first-order chi connectivity index (χ1) is 8.76. The van der Waals surface area contributed by atoms with E-state index in [1.54, 1.807) is 0 Å². The zero-order chi connectivity index (χ0) is 12.5. The SMILES string of the molecule is CCc1ccc(CN2C3CCC2CC(N)C3)cc1. The summed E-state index contributed by atoms with van der Waals surface area (Å²) in [7, 11) is 0. The molecule has 0 saturated carbocycles. The van der Waals surface area contributed by atoms with Gasteiger partial charge in [0, 0.05) is 24.7 Å². The van der Waals surface area contributed by atoms with Crippen molar-refractivity contribution in [1.82, 2.24) is 4.90 Å². The molecule has 1 aromatic carbocycles. The van der Waals surface area contributed by atoms with Gasteiger partial charge in [0.25, 0.3) is 0 Å². The molecule has 3 rings (SSSR count). The van der Waals surface area contributed by atoms with Crippen LogP contribution in [-0.2, 0) is 13.0 Å². The normalized spacial score (nSPS) is 31.8. The van der Waals surface area contributed by atoms with Crippen LogP contribution in [0.3, 0.4) is 0 Å². The van der Waals surface area contributed by atoms with E-state index in [-0.39, 0.29) is 0 Å². The van der Waals surface area contributed by atoms with E-state index in [2.05, 4.69) is 36.1 Å². The first-order valence-electron chi connectivity index (χ1n) is 7.35. The number of hydrogen-bond donors (Lipinski definition) is 1. The number of nitrogens with zero attached hydrogens (tertiary/aromatic N) is 1. The fourth-order valence-electron chi connectivity index (χ4n) is 3.67. The molecule has 2 atom stereocenters. The summed E-state index contributed by atoms with van der Waals surface area (Å²) in [4.78, 5) is 2.70. The second kappa shape index (κ2) is 5.02. The van der Waals surface area contributed by atoms with E-state index in [1.807, 2.05) is 0 Å². The Labute approximate surface area is 110 Å². The molecule has 1 aromatic rings. The van der Waals surface area contributed by atoms with E-state index < -0.39 is 0 Å². The summed E-state index contributed by atoms with van der Waals surface area (Å²) in [5, 5.41) is 0. The Morgan fingerprint density at radius 3 is 2.17 bits per heavy atom. The lowest BCUT2D eigenvalue weighted by atomic mass is 9.97. The molecule has 0 aliphatic carbocycles. The third kappa shape index (κ3) is 2.32. The molecule has 98 valence electrons. The van der Waals surface area contributed by atoms with Crippen LogP contribution in [0.25, 0.3) is 0 Å². The van der Waals surface area contributed by atoms with Crippen molar-refractivity contribution in [1.29, 1.82) is 0 Å². The Balaban J connectivity index is 1.69. The predicted octanol–water partition coefficient (Wildman–Crippen LogP) is 2.70. The van der Waals surface area contributed by atoms with Gasteiger partial charge in [-0.2, -0.15) is 0 Å². The molecule has 0 amide bonds. The molecule has 18 heavy (non-hydrogen) atoms. The number of fused-ring (bicyclic) bond motifs is 2. The highest BCUT2D eigenvalue weighted by Gasteiger charge is 2.39. The first-order valence-corrected chi connectivity index (χ1v) is 7.35. The fourth-order valence-corrected chi connectivity index (χ4v) is 3.67. The van der Waals surface area contributed by atoms with Gasteiger partial charge >= 0.3 is 0 Å². The molecule has 2 saturated heterocycles. The molecular formula is C16H24N2. The highest BCUT2D eigenvalue weighted by atomic mass is 15.2. The van der Waals surface area contributed by atoms with Crippen molar-refractivity contribution in [2.24, 2.45) is 5.73 Å². The lowest BCUT2D eigenvalue weighted by Gasteiger charge is -2.37. The van der Waals surface area contributed by atoms with Crippen molar-refractivity contribution in [3.63, 3.8) is 0 Å². The lowest BCUT2D eigenvalue weighted by Crippen LogP contribution is -2.46. The van der Waals surface area contributed by atoms with Gasteiger partial charge in [-0.1, -0.05) is 31.2 Å². The van der Waals surface area contributed by atoms with Gasteiger partial charge in [0.2, 0.25) is 0 Å². The van der Waals surface area contributed by atoms with E-state index in [9.17, 15) is 0 Å². The molecule has 2 fully saturated rings. The van der Waals surface area contributed by atoms with E-state index in [0.29, 0.717) is 6.04 Å². The van der Waals surface area contributed by atoms with Crippen molar-refractivity contribution >= 4 is 0 Å². The van der Waals surface area contributed by atoms with E-state index >= 15 is 0 Å². The van der Waals surface area contributed by atoms with Gasteiger partial charge in [-0.3, -0.25) is 4.90 Å². The van der Waals surface area contributed by atoms with E-state index in [1.165, 1.54) is 36.8 Å². The van der Waals surface area contributed by atoms with Crippen LogP contribution in [0.4, 0.5) is 0 Å². The lowest BCUT2D eigenvalue weighted by molar-refractivity contribution is 0.120. The Hall–Kier alpha value is -0.860. The van der Waals surface area contributed by atoms with Crippen LogP contribution in [0.5, 0.6) is 0 Å². The maximum Gasteiger partial charge on any atom is 0.0239 e.